The maximum absolute atomic E-state index is 9.42. The van der Waals surface area contributed by atoms with E-state index in [2.05, 4.69) is 41.4 Å². The van der Waals surface area contributed by atoms with Crippen LogP contribution in [0.2, 0.25) is 0 Å². The smallest absolute Gasteiger partial charge is 0.249 e. The van der Waals surface area contributed by atoms with E-state index in [1.165, 1.54) is 11.1 Å². The molecule has 0 fully saturated rings. The van der Waals surface area contributed by atoms with Gasteiger partial charge in [0.1, 0.15) is 12.4 Å². The molecular formula is C21H20N3O2+. The fraction of sp³-hybridized carbons (Fsp3) is 0.143. The minimum atomic E-state index is 0.553. The maximum Gasteiger partial charge on any atom is 0.249 e. The topological polar surface area (TPSA) is 51.2 Å². The molecule has 0 saturated carbocycles. The standard InChI is InChI=1S/C21H20N3O2/c25-24-11-10-21-20(15-24)22-16-23(21)12-13-26-19-8-6-18(7-9-19)14-17-4-2-1-3-5-17/h1-11,15-16,25H,12-14H2/q+1. The molecule has 0 radical (unpaired) electrons. The molecule has 0 spiro atoms. The second-order valence-electron chi connectivity index (χ2n) is 6.19. The van der Waals surface area contributed by atoms with E-state index in [1.54, 1.807) is 18.7 Å². The molecule has 0 aliphatic heterocycles. The van der Waals surface area contributed by atoms with Gasteiger partial charge in [-0.15, -0.1) is 0 Å². The number of fused-ring (bicyclic) bond motifs is 1. The van der Waals surface area contributed by atoms with Crippen LogP contribution in [0, 0.1) is 0 Å². The van der Waals surface area contributed by atoms with Crippen molar-refractivity contribution >= 4 is 11.0 Å². The quantitative estimate of drug-likeness (QED) is 0.431. The Morgan fingerprint density at radius 2 is 1.73 bits per heavy atom. The molecule has 5 heteroatoms. The largest absolute Gasteiger partial charge is 0.492 e. The highest BCUT2D eigenvalue weighted by Gasteiger charge is 2.07. The minimum absolute atomic E-state index is 0.553. The third-order valence-corrected chi connectivity index (χ3v) is 4.32. The molecule has 0 aliphatic rings. The lowest BCUT2D eigenvalue weighted by Gasteiger charge is -2.08. The highest BCUT2D eigenvalue weighted by molar-refractivity contribution is 5.72. The van der Waals surface area contributed by atoms with E-state index >= 15 is 0 Å². The first-order valence-corrected chi connectivity index (χ1v) is 8.59. The molecule has 1 N–H and O–H groups in total. The van der Waals surface area contributed by atoms with Crippen LogP contribution in [0.3, 0.4) is 0 Å². The van der Waals surface area contributed by atoms with Gasteiger partial charge in [0.15, 0.2) is 5.52 Å². The summed E-state index contributed by atoms with van der Waals surface area (Å²) < 4.78 is 8.87. The summed E-state index contributed by atoms with van der Waals surface area (Å²) in [7, 11) is 0. The zero-order valence-electron chi connectivity index (χ0n) is 14.3. The van der Waals surface area contributed by atoms with Crippen molar-refractivity contribution < 1.29 is 14.7 Å². The fourth-order valence-corrected chi connectivity index (χ4v) is 2.98. The van der Waals surface area contributed by atoms with Gasteiger partial charge in [0.25, 0.3) is 0 Å². The van der Waals surface area contributed by atoms with E-state index in [9.17, 15) is 5.21 Å². The highest BCUT2D eigenvalue weighted by atomic mass is 16.5. The van der Waals surface area contributed by atoms with Crippen LogP contribution in [0.25, 0.3) is 11.0 Å². The summed E-state index contributed by atoms with van der Waals surface area (Å²) in [5.74, 6) is 0.861. The van der Waals surface area contributed by atoms with E-state index in [1.807, 2.05) is 28.8 Å². The second kappa shape index (κ2) is 7.27. The Bertz CT molecular complexity index is 995. The molecule has 0 aliphatic carbocycles. The monoisotopic (exact) mass is 346 g/mol. The summed E-state index contributed by atoms with van der Waals surface area (Å²) in [5.41, 5.74) is 4.29. The maximum atomic E-state index is 9.42. The van der Waals surface area contributed by atoms with Gasteiger partial charge in [-0.1, -0.05) is 42.5 Å². The van der Waals surface area contributed by atoms with Crippen molar-refractivity contribution in [3.63, 3.8) is 0 Å². The molecule has 2 aromatic carbocycles. The van der Waals surface area contributed by atoms with Crippen molar-refractivity contribution in [2.24, 2.45) is 0 Å². The second-order valence-corrected chi connectivity index (χ2v) is 6.19. The highest BCUT2D eigenvalue weighted by Crippen LogP contribution is 2.16. The molecule has 0 bridgehead atoms. The van der Waals surface area contributed by atoms with Crippen LogP contribution in [0.5, 0.6) is 5.75 Å². The van der Waals surface area contributed by atoms with Gasteiger partial charge in [0.05, 0.1) is 18.4 Å². The predicted octanol–water partition coefficient (Wildman–Crippen LogP) is 3.23. The van der Waals surface area contributed by atoms with Crippen LogP contribution in [0.15, 0.2) is 79.4 Å². The van der Waals surface area contributed by atoms with Gasteiger partial charge in [-0.3, -0.25) is 5.21 Å². The minimum Gasteiger partial charge on any atom is -0.492 e. The molecular weight excluding hydrogens is 326 g/mol. The Kier molecular flexibility index (Phi) is 4.51. The Morgan fingerprint density at radius 3 is 2.54 bits per heavy atom. The van der Waals surface area contributed by atoms with Crippen molar-refractivity contribution in [3.05, 3.63) is 90.5 Å². The van der Waals surface area contributed by atoms with E-state index in [0.29, 0.717) is 13.2 Å². The number of benzene rings is 2. The average Bonchev–Trinajstić information content (AvgIpc) is 3.06. The van der Waals surface area contributed by atoms with Crippen molar-refractivity contribution in [2.45, 2.75) is 13.0 Å². The molecule has 2 aromatic heterocycles. The lowest BCUT2D eigenvalue weighted by Crippen LogP contribution is -2.28. The number of imidazole rings is 1. The fourth-order valence-electron chi connectivity index (χ4n) is 2.98. The molecule has 4 rings (SSSR count). The summed E-state index contributed by atoms with van der Waals surface area (Å²) in [5, 5.41) is 9.42. The molecule has 0 atom stereocenters. The van der Waals surface area contributed by atoms with Crippen molar-refractivity contribution in [1.82, 2.24) is 9.55 Å². The molecule has 130 valence electrons. The zero-order chi connectivity index (χ0) is 17.8. The van der Waals surface area contributed by atoms with Gasteiger partial charge in [0.2, 0.25) is 12.4 Å². The first-order chi connectivity index (χ1) is 12.8. The summed E-state index contributed by atoms with van der Waals surface area (Å²) in [6, 6.07) is 20.5. The lowest BCUT2D eigenvalue weighted by molar-refractivity contribution is -0.904. The normalized spacial score (nSPS) is 10.9. The van der Waals surface area contributed by atoms with Crippen molar-refractivity contribution in [3.8, 4) is 5.75 Å². The molecule has 0 saturated heterocycles. The Balaban J connectivity index is 1.34. The SMILES string of the molecule is O[n+]1ccc2c(c1)ncn2CCOc1ccc(Cc2ccccc2)cc1. The lowest BCUT2D eigenvalue weighted by atomic mass is 10.1. The number of rotatable bonds is 6. The number of hydrogen-bond acceptors (Lipinski definition) is 3. The number of nitrogens with zero attached hydrogens (tertiary/aromatic N) is 3. The number of aromatic nitrogens is 3. The molecule has 4 aromatic rings. The van der Waals surface area contributed by atoms with Gasteiger partial charge in [-0.25, -0.2) is 4.98 Å². The van der Waals surface area contributed by atoms with Crippen LogP contribution < -0.4 is 9.47 Å². The summed E-state index contributed by atoms with van der Waals surface area (Å²) in [6.45, 7) is 1.25. The summed E-state index contributed by atoms with van der Waals surface area (Å²) in [4.78, 5) is 4.28. The van der Waals surface area contributed by atoms with Gasteiger partial charge < -0.3 is 9.30 Å². The summed E-state index contributed by atoms with van der Waals surface area (Å²) >= 11 is 0. The van der Waals surface area contributed by atoms with Crippen molar-refractivity contribution in [1.29, 1.82) is 0 Å². The first kappa shape index (κ1) is 16.1. The summed E-state index contributed by atoms with van der Waals surface area (Å²) in [6.07, 6.45) is 5.86. The zero-order valence-corrected chi connectivity index (χ0v) is 14.3. The Morgan fingerprint density at radius 1 is 0.962 bits per heavy atom. The molecule has 0 unspecified atom stereocenters. The predicted molar refractivity (Wildman–Crippen MR) is 98.3 cm³/mol. The average molecular weight is 346 g/mol. The molecule has 5 nitrogen and oxygen atoms in total. The Labute approximate surface area is 151 Å². The third kappa shape index (κ3) is 3.67. The molecule has 2 heterocycles. The van der Waals surface area contributed by atoms with Gasteiger partial charge in [-0.2, -0.15) is 0 Å². The van der Waals surface area contributed by atoms with E-state index in [0.717, 1.165) is 27.9 Å². The first-order valence-electron chi connectivity index (χ1n) is 8.59. The van der Waals surface area contributed by atoms with Crippen LogP contribution in [-0.4, -0.2) is 21.4 Å². The number of pyridine rings is 1. The van der Waals surface area contributed by atoms with Gasteiger partial charge in [-0.05, 0) is 29.7 Å². The molecule has 26 heavy (non-hydrogen) atoms. The van der Waals surface area contributed by atoms with E-state index in [4.69, 9.17) is 4.74 Å². The van der Waals surface area contributed by atoms with Gasteiger partial charge in [0, 0.05) is 10.8 Å². The van der Waals surface area contributed by atoms with Crippen LogP contribution in [0.1, 0.15) is 11.1 Å². The number of hydrogen-bond donors (Lipinski definition) is 1. The van der Waals surface area contributed by atoms with E-state index in [-0.39, 0.29) is 0 Å². The van der Waals surface area contributed by atoms with E-state index < -0.39 is 0 Å². The third-order valence-electron chi connectivity index (χ3n) is 4.32. The Hall–Kier alpha value is -3.34. The van der Waals surface area contributed by atoms with Crippen LogP contribution in [-0.2, 0) is 13.0 Å². The van der Waals surface area contributed by atoms with Crippen molar-refractivity contribution in [2.75, 3.05) is 6.61 Å². The van der Waals surface area contributed by atoms with Crippen LogP contribution >= 0.6 is 0 Å². The van der Waals surface area contributed by atoms with Gasteiger partial charge >= 0.3 is 0 Å². The number of ether oxygens (including phenoxy) is 1. The van der Waals surface area contributed by atoms with Crippen LogP contribution in [0.4, 0.5) is 0 Å². The molecule has 0 amide bonds.